The van der Waals surface area contributed by atoms with Gasteiger partial charge in [-0.15, -0.1) is 0 Å². The molecule has 1 aromatic carbocycles. The van der Waals surface area contributed by atoms with Crippen molar-refractivity contribution in [1.29, 1.82) is 0 Å². The number of anilines is 1. The molecule has 0 bridgehead atoms. The minimum absolute atomic E-state index is 0.00913. The molecule has 2 unspecified atom stereocenters. The van der Waals surface area contributed by atoms with Crippen LogP contribution in [0.5, 0.6) is 0 Å². The summed E-state index contributed by atoms with van der Waals surface area (Å²) in [4.78, 5) is 26.4. The summed E-state index contributed by atoms with van der Waals surface area (Å²) in [7, 11) is 0. The van der Waals surface area contributed by atoms with Crippen LogP contribution in [0.1, 0.15) is 24.0 Å². The van der Waals surface area contributed by atoms with Gasteiger partial charge in [0.05, 0.1) is 5.92 Å². The van der Waals surface area contributed by atoms with Gasteiger partial charge in [-0.1, -0.05) is 12.1 Å². The van der Waals surface area contributed by atoms with Gasteiger partial charge in [-0.2, -0.15) is 0 Å². The molecular weight excluding hydrogens is 278 g/mol. The molecule has 2 aliphatic heterocycles. The van der Waals surface area contributed by atoms with Crippen molar-refractivity contribution in [2.45, 2.75) is 32.7 Å². The van der Waals surface area contributed by atoms with Crippen LogP contribution in [0.3, 0.4) is 0 Å². The van der Waals surface area contributed by atoms with E-state index in [2.05, 4.69) is 10.6 Å². The number of hydrogen-bond donors (Lipinski definition) is 2. The van der Waals surface area contributed by atoms with Gasteiger partial charge in [-0.25, -0.2) is 0 Å². The maximum Gasteiger partial charge on any atom is 0.227 e. The summed E-state index contributed by atoms with van der Waals surface area (Å²) < 4.78 is 0. The molecule has 0 radical (unpaired) electrons. The number of aryl methyl sites for hydroxylation is 1. The van der Waals surface area contributed by atoms with Gasteiger partial charge in [-0.05, 0) is 44.0 Å². The SMILES string of the molecule is Cc1cccc(N2CC(C(=O)NC3CCNC3)CC2=O)c1C. The summed E-state index contributed by atoms with van der Waals surface area (Å²) in [5.74, 6) is -0.193. The van der Waals surface area contributed by atoms with Crippen LogP contribution in [0, 0.1) is 19.8 Å². The number of carbonyl (C=O) groups excluding carboxylic acids is 2. The number of rotatable bonds is 3. The van der Waals surface area contributed by atoms with Crippen LogP contribution in [-0.4, -0.2) is 37.5 Å². The van der Waals surface area contributed by atoms with Crippen LogP contribution < -0.4 is 15.5 Å². The summed E-state index contributed by atoms with van der Waals surface area (Å²) >= 11 is 0. The summed E-state index contributed by atoms with van der Waals surface area (Å²) in [6.07, 6.45) is 1.27. The van der Waals surface area contributed by atoms with E-state index < -0.39 is 0 Å². The second-order valence-corrected chi connectivity index (χ2v) is 6.32. The first kappa shape index (κ1) is 15.0. The second kappa shape index (κ2) is 6.08. The summed E-state index contributed by atoms with van der Waals surface area (Å²) in [6.45, 7) is 6.32. The number of carbonyl (C=O) groups is 2. The number of benzene rings is 1. The summed E-state index contributed by atoms with van der Waals surface area (Å²) in [6, 6.07) is 6.16. The number of nitrogens with one attached hydrogen (secondary N) is 2. The maximum absolute atomic E-state index is 12.4. The van der Waals surface area contributed by atoms with Crippen molar-refractivity contribution < 1.29 is 9.59 Å². The minimum Gasteiger partial charge on any atom is -0.352 e. The molecule has 0 aliphatic carbocycles. The molecule has 2 amide bonds. The molecule has 22 heavy (non-hydrogen) atoms. The van der Waals surface area contributed by atoms with E-state index in [0.29, 0.717) is 13.0 Å². The average Bonchev–Trinajstić information content (AvgIpc) is 3.12. The molecule has 0 aromatic heterocycles. The lowest BCUT2D eigenvalue weighted by molar-refractivity contribution is -0.126. The van der Waals surface area contributed by atoms with E-state index >= 15 is 0 Å². The fourth-order valence-corrected chi connectivity index (χ4v) is 3.24. The monoisotopic (exact) mass is 301 g/mol. The topological polar surface area (TPSA) is 61.4 Å². The highest BCUT2D eigenvalue weighted by Gasteiger charge is 2.36. The lowest BCUT2D eigenvalue weighted by Gasteiger charge is -2.20. The molecule has 2 heterocycles. The van der Waals surface area contributed by atoms with Gasteiger partial charge in [0.15, 0.2) is 0 Å². The fourth-order valence-electron chi connectivity index (χ4n) is 3.24. The van der Waals surface area contributed by atoms with Crippen molar-refractivity contribution in [3.63, 3.8) is 0 Å². The molecule has 3 rings (SSSR count). The molecule has 2 fully saturated rings. The zero-order chi connectivity index (χ0) is 15.7. The Kier molecular flexibility index (Phi) is 4.16. The highest BCUT2D eigenvalue weighted by molar-refractivity contribution is 6.01. The number of nitrogens with zero attached hydrogens (tertiary/aromatic N) is 1. The van der Waals surface area contributed by atoms with E-state index in [-0.39, 0.29) is 23.8 Å². The normalized spacial score (nSPS) is 24.8. The van der Waals surface area contributed by atoms with Gasteiger partial charge in [0.25, 0.3) is 0 Å². The van der Waals surface area contributed by atoms with Gasteiger partial charge in [0.2, 0.25) is 11.8 Å². The smallest absolute Gasteiger partial charge is 0.227 e. The van der Waals surface area contributed by atoms with Gasteiger partial charge < -0.3 is 15.5 Å². The van der Waals surface area contributed by atoms with Gasteiger partial charge in [0, 0.05) is 31.2 Å². The van der Waals surface area contributed by atoms with Crippen LogP contribution in [0.2, 0.25) is 0 Å². The van der Waals surface area contributed by atoms with Crippen molar-refractivity contribution in [2.24, 2.45) is 5.92 Å². The van der Waals surface area contributed by atoms with E-state index in [9.17, 15) is 9.59 Å². The lowest BCUT2D eigenvalue weighted by Crippen LogP contribution is -2.40. The van der Waals surface area contributed by atoms with Crippen LogP contribution >= 0.6 is 0 Å². The Morgan fingerprint density at radius 3 is 2.91 bits per heavy atom. The molecule has 5 heteroatoms. The molecule has 1 aromatic rings. The molecule has 2 atom stereocenters. The Morgan fingerprint density at radius 2 is 2.18 bits per heavy atom. The van der Waals surface area contributed by atoms with E-state index in [4.69, 9.17) is 0 Å². The standard InChI is InChI=1S/C17H23N3O2/c1-11-4-3-5-15(12(11)2)20-10-13(8-16(20)21)17(22)19-14-6-7-18-9-14/h3-5,13-14,18H,6-10H2,1-2H3,(H,19,22). The molecule has 118 valence electrons. The highest BCUT2D eigenvalue weighted by atomic mass is 16.2. The Balaban J connectivity index is 1.70. The molecule has 2 saturated heterocycles. The Labute approximate surface area is 131 Å². The van der Waals surface area contributed by atoms with Crippen LogP contribution in [-0.2, 0) is 9.59 Å². The average molecular weight is 301 g/mol. The molecule has 0 saturated carbocycles. The Hall–Kier alpha value is -1.88. The van der Waals surface area contributed by atoms with Crippen LogP contribution in [0.15, 0.2) is 18.2 Å². The van der Waals surface area contributed by atoms with Crippen LogP contribution in [0.4, 0.5) is 5.69 Å². The maximum atomic E-state index is 12.4. The van der Waals surface area contributed by atoms with Crippen molar-refractivity contribution in [3.05, 3.63) is 29.3 Å². The van der Waals surface area contributed by atoms with Crippen LogP contribution in [0.25, 0.3) is 0 Å². The minimum atomic E-state index is -0.243. The first-order valence-corrected chi connectivity index (χ1v) is 7.94. The molecule has 0 spiro atoms. The zero-order valence-corrected chi connectivity index (χ0v) is 13.2. The molecule has 2 N–H and O–H groups in total. The first-order valence-electron chi connectivity index (χ1n) is 7.94. The first-order chi connectivity index (χ1) is 10.6. The third kappa shape index (κ3) is 2.86. The predicted molar refractivity (Wildman–Crippen MR) is 85.8 cm³/mol. The quantitative estimate of drug-likeness (QED) is 0.880. The third-order valence-electron chi connectivity index (χ3n) is 4.77. The Morgan fingerprint density at radius 1 is 1.36 bits per heavy atom. The largest absolute Gasteiger partial charge is 0.352 e. The van der Waals surface area contributed by atoms with E-state index in [1.54, 1.807) is 4.90 Å². The third-order valence-corrected chi connectivity index (χ3v) is 4.77. The zero-order valence-electron chi connectivity index (χ0n) is 13.2. The summed E-state index contributed by atoms with van der Waals surface area (Å²) in [5, 5.41) is 6.29. The van der Waals surface area contributed by atoms with E-state index in [1.807, 2.05) is 32.0 Å². The Bertz CT molecular complexity index is 594. The second-order valence-electron chi connectivity index (χ2n) is 6.32. The molecule has 5 nitrogen and oxygen atoms in total. The van der Waals surface area contributed by atoms with Crippen molar-refractivity contribution in [2.75, 3.05) is 24.5 Å². The van der Waals surface area contributed by atoms with Gasteiger partial charge in [-0.3, -0.25) is 9.59 Å². The number of amides is 2. The lowest BCUT2D eigenvalue weighted by atomic mass is 10.1. The van der Waals surface area contributed by atoms with Crippen molar-refractivity contribution in [1.82, 2.24) is 10.6 Å². The van der Waals surface area contributed by atoms with E-state index in [0.717, 1.165) is 36.3 Å². The fraction of sp³-hybridized carbons (Fsp3) is 0.529. The van der Waals surface area contributed by atoms with Gasteiger partial charge in [0.1, 0.15) is 0 Å². The molecular formula is C17H23N3O2. The highest BCUT2D eigenvalue weighted by Crippen LogP contribution is 2.29. The predicted octanol–water partition coefficient (Wildman–Crippen LogP) is 1.13. The van der Waals surface area contributed by atoms with Crippen molar-refractivity contribution in [3.8, 4) is 0 Å². The van der Waals surface area contributed by atoms with E-state index in [1.165, 1.54) is 0 Å². The summed E-state index contributed by atoms with van der Waals surface area (Å²) in [5.41, 5.74) is 3.20. The molecule has 2 aliphatic rings. The number of hydrogen-bond acceptors (Lipinski definition) is 3. The van der Waals surface area contributed by atoms with Gasteiger partial charge >= 0.3 is 0 Å². The van der Waals surface area contributed by atoms with Crippen molar-refractivity contribution >= 4 is 17.5 Å².